The van der Waals surface area contributed by atoms with E-state index in [1.165, 1.54) is 18.5 Å². The van der Waals surface area contributed by atoms with Crippen molar-refractivity contribution >= 4 is 11.6 Å². The molecule has 0 unspecified atom stereocenters. The Kier molecular flexibility index (Phi) is 3.56. The quantitative estimate of drug-likeness (QED) is 0.913. The van der Waals surface area contributed by atoms with Gasteiger partial charge in [-0.25, -0.2) is 4.39 Å². The van der Waals surface area contributed by atoms with Crippen molar-refractivity contribution in [3.8, 4) is 11.5 Å². The van der Waals surface area contributed by atoms with Crippen LogP contribution in [0.25, 0.3) is 0 Å². The molecule has 0 atom stereocenters. The van der Waals surface area contributed by atoms with Crippen molar-refractivity contribution in [2.45, 2.75) is 6.54 Å². The number of pyridine rings is 1. The summed E-state index contributed by atoms with van der Waals surface area (Å²) in [6.07, 6.45) is 2.99. The molecule has 0 radical (unpaired) electrons. The van der Waals surface area contributed by atoms with Crippen LogP contribution in [0.3, 0.4) is 0 Å². The van der Waals surface area contributed by atoms with Crippen LogP contribution in [0.5, 0.6) is 11.5 Å². The highest BCUT2D eigenvalue weighted by Gasteiger charge is 2.08. The summed E-state index contributed by atoms with van der Waals surface area (Å²) in [5, 5.41) is 0.452. The summed E-state index contributed by atoms with van der Waals surface area (Å²) in [4.78, 5) is 3.88. The van der Waals surface area contributed by atoms with Gasteiger partial charge in [-0.05, 0) is 12.1 Å². The number of halogens is 2. The zero-order valence-corrected chi connectivity index (χ0v) is 9.62. The van der Waals surface area contributed by atoms with Crippen molar-refractivity contribution in [3.63, 3.8) is 0 Å². The molecule has 0 amide bonds. The van der Waals surface area contributed by atoms with Gasteiger partial charge in [0.15, 0.2) is 0 Å². The lowest BCUT2D eigenvalue weighted by molar-refractivity contribution is 0.465. The van der Waals surface area contributed by atoms with E-state index in [2.05, 4.69) is 4.98 Å². The topological polar surface area (TPSA) is 48.1 Å². The molecule has 0 fully saturated rings. The van der Waals surface area contributed by atoms with Crippen LogP contribution in [0, 0.1) is 5.82 Å². The molecular formula is C12H10ClFN2O. The predicted octanol–water partition coefficient (Wildman–Crippen LogP) is 3.13. The summed E-state index contributed by atoms with van der Waals surface area (Å²) in [6, 6.07) is 6.14. The summed E-state index contributed by atoms with van der Waals surface area (Å²) < 4.78 is 18.9. The third-order valence-electron chi connectivity index (χ3n) is 2.19. The number of rotatable bonds is 3. The molecule has 2 aromatic rings. The molecule has 5 heteroatoms. The van der Waals surface area contributed by atoms with Gasteiger partial charge in [0.05, 0.1) is 11.2 Å². The van der Waals surface area contributed by atoms with Crippen LogP contribution in [0.15, 0.2) is 36.7 Å². The Morgan fingerprint density at radius 3 is 2.88 bits per heavy atom. The number of benzene rings is 1. The molecule has 0 aliphatic rings. The molecule has 0 saturated carbocycles. The fraction of sp³-hybridized carbons (Fsp3) is 0.0833. The minimum Gasteiger partial charge on any atom is -0.455 e. The zero-order valence-electron chi connectivity index (χ0n) is 8.86. The van der Waals surface area contributed by atoms with E-state index in [0.29, 0.717) is 22.1 Å². The Morgan fingerprint density at radius 1 is 1.35 bits per heavy atom. The molecule has 0 aliphatic carbocycles. The highest BCUT2D eigenvalue weighted by atomic mass is 35.5. The Balaban J connectivity index is 2.33. The van der Waals surface area contributed by atoms with E-state index in [1.807, 2.05) is 0 Å². The Labute approximate surface area is 103 Å². The molecule has 0 bridgehead atoms. The number of hydrogen-bond acceptors (Lipinski definition) is 3. The van der Waals surface area contributed by atoms with Crippen molar-refractivity contribution in [2.75, 3.05) is 0 Å². The van der Waals surface area contributed by atoms with E-state index in [0.717, 1.165) is 0 Å². The first-order valence-corrected chi connectivity index (χ1v) is 5.34. The smallest absolute Gasteiger partial charge is 0.147 e. The predicted molar refractivity (Wildman–Crippen MR) is 63.6 cm³/mol. The third kappa shape index (κ3) is 2.72. The van der Waals surface area contributed by atoms with E-state index >= 15 is 0 Å². The number of hydrogen-bond donors (Lipinski definition) is 1. The molecule has 0 spiro atoms. The van der Waals surface area contributed by atoms with Crippen molar-refractivity contribution in [2.24, 2.45) is 5.73 Å². The number of aromatic nitrogens is 1. The van der Waals surface area contributed by atoms with Crippen LogP contribution in [-0.4, -0.2) is 4.98 Å². The highest BCUT2D eigenvalue weighted by molar-refractivity contribution is 6.30. The van der Waals surface area contributed by atoms with Gasteiger partial charge >= 0.3 is 0 Å². The van der Waals surface area contributed by atoms with Crippen LogP contribution in [-0.2, 0) is 6.54 Å². The van der Waals surface area contributed by atoms with E-state index < -0.39 is 0 Å². The lowest BCUT2D eigenvalue weighted by Crippen LogP contribution is -2.02. The largest absolute Gasteiger partial charge is 0.455 e. The molecule has 2 N–H and O–H groups in total. The Morgan fingerprint density at radius 2 is 2.18 bits per heavy atom. The number of nitrogens with zero attached hydrogens (tertiary/aromatic N) is 1. The zero-order chi connectivity index (χ0) is 12.3. The molecule has 1 aromatic heterocycles. The summed E-state index contributed by atoms with van der Waals surface area (Å²) >= 11 is 5.77. The maximum atomic E-state index is 13.4. The van der Waals surface area contributed by atoms with Gasteiger partial charge in [0.1, 0.15) is 17.3 Å². The van der Waals surface area contributed by atoms with E-state index in [1.54, 1.807) is 18.2 Å². The van der Waals surface area contributed by atoms with Crippen molar-refractivity contribution in [1.82, 2.24) is 4.98 Å². The van der Waals surface area contributed by atoms with Crippen molar-refractivity contribution in [3.05, 3.63) is 53.1 Å². The SMILES string of the molecule is NCc1c(F)cccc1Oc1cncc(Cl)c1. The first-order valence-electron chi connectivity index (χ1n) is 4.96. The molecule has 1 aromatic carbocycles. The molecule has 1 heterocycles. The molecule has 0 aliphatic heterocycles. The lowest BCUT2D eigenvalue weighted by Gasteiger charge is -2.10. The molecule has 3 nitrogen and oxygen atoms in total. The van der Waals surface area contributed by atoms with Crippen LogP contribution in [0.4, 0.5) is 4.39 Å². The molecule has 88 valence electrons. The van der Waals surface area contributed by atoms with Crippen LogP contribution >= 0.6 is 11.6 Å². The standard InChI is InChI=1S/C12H10ClFN2O/c13-8-4-9(7-16-6-8)17-12-3-1-2-11(14)10(12)5-15/h1-4,6-7H,5,15H2. The minimum atomic E-state index is -0.389. The van der Waals surface area contributed by atoms with Gasteiger partial charge in [0.2, 0.25) is 0 Å². The molecule has 0 saturated heterocycles. The number of ether oxygens (including phenoxy) is 1. The summed E-state index contributed by atoms with van der Waals surface area (Å²) in [5.74, 6) is 0.425. The van der Waals surface area contributed by atoms with E-state index in [-0.39, 0.29) is 12.4 Å². The Hall–Kier alpha value is -1.65. The maximum Gasteiger partial charge on any atom is 0.147 e. The van der Waals surface area contributed by atoms with Crippen molar-refractivity contribution in [1.29, 1.82) is 0 Å². The monoisotopic (exact) mass is 252 g/mol. The van der Waals surface area contributed by atoms with Gasteiger partial charge in [0, 0.05) is 24.4 Å². The first kappa shape index (κ1) is 11.8. The van der Waals surface area contributed by atoms with Gasteiger partial charge in [0.25, 0.3) is 0 Å². The first-order chi connectivity index (χ1) is 8.20. The Bertz CT molecular complexity index is 534. The normalized spacial score (nSPS) is 10.3. The number of nitrogens with two attached hydrogens (primary N) is 1. The van der Waals surface area contributed by atoms with Crippen molar-refractivity contribution < 1.29 is 9.13 Å². The molecule has 2 rings (SSSR count). The average molecular weight is 253 g/mol. The molecular weight excluding hydrogens is 243 g/mol. The minimum absolute atomic E-state index is 0.0655. The van der Waals surface area contributed by atoms with Gasteiger partial charge in [-0.1, -0.05) is 17.7 Å². The third-order valence-corrected chi connectivity index (χ3v) is 2.39. The van der Waals surface area contributed by atoms with E-state index in [9.17, 15) is 4.39 Å². The second-order valence-corrected chi connectivity index (χ2v) is 3.80. The summed E-state index contributed by atoms with van der Waals surface area (Å²) in [7, 11) is 0. The fourth-order valence-corrected chi connectivity index (χ4v) is 1.57. The summed E-state index contributed by atoms with van der Waals surface area (Å²) in [5.41, 5.74) is 5.80. The van der Waals surface area contributed by atoms with Gasteiger partial charge < -0.3 is 10.5 Å². The van der Waals surface area contributed by atoms with Crippen LogP contribution in [0.2, 0.25) is 5.02 Å². The van der Waals surface area contributed by atoms with E-state index in [4.69, 9.17) is 22.1 Å². The lowest BCUT2D eigenvalue weighted by atomic mass is 10.2. The van der Waals surface area contributed by atoms with Gasteiger partial charge in [-0.2, -0.15) is 0 Å². The van der Waals surface area contributed by atoms with Gasteiger partial charge in [-0.3, -0.25) is 4.98 Å². The highest BCUT2D eigenvalue weighted by Crippen LogP contribution is 2.27. The fourth-order valence-electron chi connectivity index (χ4n) is 1.41. The second kappa shape index (κ2) is 5.12. The van der Waals surface area contributed by atoms with Crippen LogP contribution in [0.1, 0.15) is 5.56 Å². The summed E-state index contributed by atoms with van der Waals surface area (Å²) in [6.45, 7) is 0.0655. The van der Waals surface area contributed by atoms with Crippen LogP contribution < -0.4 is 10.5 Å². The second-order valence-electron chi connectivity index (χ2n) is 3.36. The average Bonchev–Trinajstić information content (AvgIpc) is 2.29. The van der Waals surface area contributed by atoms with Gasteiger partial charge in [-0.15, -0.1) is 0 Å². The maximum absolute atomic E-state index is 13.4. The molecule has 17 heavy (non-hydrogen) atoms.